The summed E-state index contributed by atoms with van der Waals surface area (Å²) in [5.41, 5.74) is 0.789. The van der Waals surface area contributed by atoms with E-state index >= 15 is 0 Å². The molecule has 0 unspecified atom stereocenters. The molecular formula is C10H8ClN5S3. The highest BCUT2D eigenvalue weighted by Gasteiger charge is 2.13. The first-order chi connectivity index (χ1) is 9.25. The highest BCUT2D eigenvalue weighted by Crippen LogP contribution is 2.29. The second-order valence-corrected chi connectivity index (χ2v) is 6.87. The predicted molar refractivity (Wildman–Crippen MR) is 78.8 cm³/mol. The maximum Gasteiger partial charge on any atom is 0.191 e. The molecule has 0 N–H and O–H groups in total. The zero-order chi connectivity index (χ0) is 13.2. The Morgan fingerprint density at radius 1 is 1.37 bits per heavy atom. The minimum Gasteiger partial charge on any atom is -0.304 e. The zero-order valence-electron chi connectivity index (χ0n) is 9.78. The molecule has 0 aliphatic rings. The summed E-state index contributed by atoms with van der Waals surface area (Å²) in [7, 11) is 1.96. The number of halogens is 1. The highest BCUT2D eigenvalue weighted by molar-refractivity contribution is 7.98. The van der Waals surface area contributed by atoms with Gasteiger partial charge in [0.15, 0.2) is 11.0 Å². The lowest BCUT2D eigenvalue weighted by molar-refractivity contribution is 0.794. The minimum absolute atomic E-state index is 0.633. The average molecular weight is 330 g/mol. The molecule has 5 nitrogen and oxygen atoms in total. The van der Waals surface area contributed by atoms with E-state index in [2.05, 4.69) is 19.8 Å². The topological polar surface area (TPSA) is 56.5 Å². The number of hydrogen-bond acceptors (Lipinski definition) is 7. The summed E-state index contributed by atoms with van der Waals surface area (Å²) < 4.78 is 6.42. The second-order valence-electron chi connectivity index (χ2n) is 3.62. The van der Waals surface area contributed by atoms with Gasteiger partial charge in [-0.25, -0.2) is 0 Å². The first-order valence-electron chi connectivity index (χ1n) is 5.28. The summed E-state index contributed by atoms with van der Waals surface area (Å²) in [5, 5.41) is 15.3. The molecule has 0 fully saturated rings. The second kappa shape index (κ2) is 5.58. The van der Waals surface area contributed by atoms with E-state index in [-0.39, 0.29) is 0 Å². The number of rotatable bonds is 4. The molecular weight excluding hydrogens is 322 g/mol. The first-order valence-corrected chi connectivity index (χ1v) is 8.30. The third-order valence-electron chi connectivity index (χ3n) is 2.42. The molecule has 0 spiro atoms. The van der Waals surface area contributed by atoms with Crippen LogP contribution in [0.25, 0.3) is 10.7 Å². The van der Waals surface area contributed by atoms with Gasteiger partial charge in [-0.3, -0.25) is 0 Å². The molecule has 0 aromatic carbocycles. The number of hydrogen-bond donors (Lipinski definition) is 0. The minimum atomic E-state index is 0.633. The Bertz CT molecular complexity index is 675. The summed E-state index contributed by atoms with van der Waals surface area (Å²) in [6.07, 6.45) is 0. The van der Waals surface area contributed by atoms with E-state index in [0.29, 0.717) is 10.1 Å². The van der Waals surface area contributed by atoms with E-state index in [9.17, 15) is 0 Å². The molecule has 3 heterocycles. The molecule has 3 rings (SSSR count). The van der Waals surface area contributed by atoms with Gasteiger partial charge in [0.1, 0.15) is 10.0 Å². The quantitative estimate of drug-likeness (QED) is 0.687. The van der Waals surface area contributed by atoms with E-state index in [1.54, 1.807) is 23.1 Å². The molecule has 3 aromatic heterocycles. The Morgan fingerprint density at radius 3 is 2.95 bits per heavy atom. The van der Waals surface area contributed by atoms with Crippen molar-refractivity contribution in [3.05, 3.63) is 27.5 Å². The van der Waals surface area contributed by atoms with Gasteiger partial charge in [0.2, 0.25) is 0 Å². The van der Waals surface area contributed by atoms with Gasteiger partial charge in [-0.15, -0.1) is 26.6 Å². The van der Waals surface area contributed by atoms with Gasteiger partial charge in [0.05, 0.1) is 4.88 Å². The summed E-state index contributed by atoms with van der Waals surface area (Å²) in [5.74, 6) is 1.52. The van der Waals surface area contributed by atoms with Crippen molar-refractivity contribution in [3.8, 4) is 10.7 Å². The highest BCUT2D eigenvalue weighted by atomic mass is 35.5. The van der Waals surface area contributed by atoms with Crippen LogP contribution < -0.4 is 0 Å². The third kappa shape index (κ3) is 2.66. The van der Waals surface area contributed by atoms with Crippen LogP contribution in [0.5, 0.6) is 0 Å². The third-order valence-corrected chi connectivity index (χ3v) is 5.31. The fourth-order valence-corrected chi connectivity index (χ4v) is 3.86. The molecule has 0 radical (unpaired) electrons. The standard InChI is InChI=1S/C10H8ClN5S3/c1-16-9(7-3-2-4-17-7)13-14-10(16)18-5-6-8(11)19-15-12-6/h2-4H,5H2,1H3. The van der Waals surface area contributed by atoms with Crippen molar-refractivity contribution in [2.24, 2.45) is 7.05 Å². The van der Waals surface area contributed by atoms with Gasteiger partial charge in [0, 0.05) is 24.3 Å². The van der Waals surface area contributed by atoms with Crippen LogP contribution in [0.1, 0.15) is 5.69 Å². The Labute approximate surface area is 126 Å². The van der Waals surface area contributed by atoms with Crippen LogP contribution in [0.3, 0.4) is 0 Å². The van der Waals surface area contributed by atoms with Crippen LogP contribution in [0, 0.1) is 0 Å². The van der Waals surface area contributed by atoms with E-state index in [0.717, 1.165) is 21.6 Å². The molecule has 0 bridgehead atoms. The monoisotopic (exact) mass is 329 g/mol. The number of thiophene rings is 1. The summed E-state index contributed by atoms with van der Waals surface area (Å²) >= 11 is 10.4. The Balaban J connectivity index is 1.78. The van der Waals surface area contributed by atoms with Crippen molar-refractivity contribution in [1.29, 1.82) is 0 Å². The van der Waals surface area contributed by atoms with Crippen molar-refractivity contribution in [2.75, 3.05) is 0 Å². The van der Waals surface area contributed by atoms with Crippen LogP contribution >= 0.6 is 46.2 Å². The predicted octanol–water partition coefficient (Wildman–Crippen LogP) is 3.34. The molecule has 0 amide bonds. The molecule has 0 aliphatic carbocycles. The van der Waals surface area contributed by atoms with Crippen LogP contribution in [-0.2, 0) is 12.8 Å². The maximum atomic E-state index is 5.97. The van der Waals surface area contributed by atoms with E-state index in [1.165, 1.54) is 11.5 Å². The molecule has 0 saturated heterocycles. The Kier molecular flexibility index (Phi) is 3.83. The zero-order valence-corrected chi connectivity index (χ0v) is 13.0. The van der Waals surface area contributed by atoms with Crippen molar-refractivity contribution < 1.29 is 0 Å². The summed E-state index contributed by atoms with van der Waals surface area (Å²) in [6, 6.07) is 4.03. The SMILES string of the molecule is Cn1c(SCc2nnsc2Cl)nnc1-c1cccs1. The van der Waals surface area contributed by atoms with E-state index < -0.39 is 0 Å². The lowest BCUT2D eigenvalue weighted by atomic mass is 10.4. The number of aromatic nitrogens is 5. The van der Waals surface area contributed by atoms with Crippen molar-refractivity contribution in [2.45, 2.75) is 10.9 Å². The van der Waals surface area contributed by atoms with Crippen molar-refractivity contribution >= 4 is 46.2 Å². The largest absolute Gasteiger partial charge is 0.304 e. The fourth-order valence-electron chi connectivity index (χ4n) is 1.48. The van der Waals surface area contributed by atoms with Gasteiger partial charge in [0.25, 0.3) is 0 Å². The van der Waals surface area contributed by atoms with Gasteiger partial charge in [-0.05, 0) is 11.4 Å². The Morgan fingerprint density at radius 2 is 2.26 bits per heavy atom. The number of thioether (sulfide) groups is 1. The van der Waals surface area contributed by atoms with Gasteiger partial charge < -0.3 is 4.57 Å². The van der Waals surface area contributed by atoms with Gasteiger partial charge in [-0.1, -0.05) is 33.9 Å². The van der Waals surface area contributed by atoms with E-state index in [1.807, 2.05) is 29.1 Å². The molecule has 0 atom stereocenters. The molecule has 0 aliphatic heterocycles. The molecule has 0 saturated carbocycles. The lowest BCUT2D eigenvalue weighted by Gasteiger charge is -2.01. The summed E-state index contributed by atoms with van der Waals surface area (Å²) in [6.45, 7) is 0. The normalized spacial score (nSPS) is 11.1. The fraction of sp³-hybridized carbons (Fsp3) is 0.200. The summed E-state index contributed by atoms with van der Waals surface area (Å²) in [4.78, 5) is 1.11. The van der Waals surface area contributed by atoms with Crippen LogP contribution in [-0.4, -0.2) is 24.4 Å². The van der Waals surface area contributed by atoms with Crippen LogP contribution in [0.15, 0.2) is 22.7 Å². The maximum absolute atomic E-state index is 5.97. The molecule has 3 aromatic rings. The smallest absolute Gasteiger partial charge is 0.191 e. The van der Waals surface area contributed by atoms with Crippen molar-refractivity contribution in [3.63, 3.8) is 0 Å². The average Bonchev–Trinajstić information content (AvgIpc) is 3.09. The van der Waals surface area contributed by atoms with Gasteiger partial charge >= 0.3 is 0 Å². The van der Waals surface area contributed by atoms with Gasteiger partial charge in [-0.2, -0.15) is 0 Å². The first kappa shape index (κ1) is 13.0. The molecule has 19 heavy (non-hydrogen) atoms. The van der Waals surface area contributed by atoms with Crippen LogP contribution in [0.2, 0.25) is 4.34 Å². The van der Waals surface area contributed by atoms with Crippen molar-refractivity contribution in [1.82, 2.24) is 24.4 Å². The van der Waals surface area contributed by atoms with E-state index in [4.69, 9.17) is 11.6 Å². The van der Waals surface area contributed by atoms with Crippen LogP contribution in [0.4, 0.5) is 0 Å². The molecule has 98 valence electrons. The Hall–Kier alpha value is -0.960. The molecule has 9 heteroatoms. The number of nitrogens with zero attached hydrogens (tertiary/aromatic N) is 5. The lowest BCUT2D eigenvalue weighted by Crippen LogP contribution is -1.94.